The zero-order valence-corrected chi connectivity index (χ0v) is 18.4. The van der Waals surface area contributed by atoms with Gasteiger partial charge in [0.1, 0.15) is 12.2 Å². The number of anilines is 1. The second kappa shape index (κ2) is 8.99. The Morgan fingerprint density at radius 3 is 2.39 bits per heavy atom. The minimum atomic E-state index is -0.798. The standard InChI is InChI=1S/C24H23ClN4O4/c25-18-10-19-23(29-24(27-19)33-17-9-20(31)21(11-30)32-12-17)28-22(18)15-3-1-13(2-4-15)14-5-7-16(26)8-6-14/h1-8,10,17,20-21,30-31H,9,11-12,26H2,(H,27,28,29)/t17-,20+,21-/m1/s1. The Bertz CT molecular complexity index is 1260. The van der Waals surface area contributed by atoms with Crippen LogP contribution in [0.2, 0.25) is 5.02 Å². The molecule has 33 heavy (non-hydrogen) atoms. The Morgan fingerprint density at radius 2 is 1.73 bits per heavy atom. The van der Waals surface area contributed by atoms with Crippen molar-refractivity contribution in [3.05, 3.63) is 59.6 Å². The summed E-state index contributed by atoms with van der Waals surface area (Å²) >= 11 is 6.52. The van der Waals surface area contributed by atoms with Gasteiger partial charge in [-0.3, -0.25) is 0 Å². The van der Waals surface area contributed by atoms with Crippen molar-refractivity contribution in [1.29, 1.82) is 0 Å². The summed E-state index contributed by atoms with van der Waals surface area (Å²) in [7, 11) is 0. The quantitative estimate of drug-likeness (QED) is 0.332. The van der Waals surface area contributed by atoms with Crippen LogP contribution < -0.4 is 10.5 Å². The van der Waals surface area contributed by atoms with Gasteiger partial charge in [-0.25, -0.2) is 4.98 Å². The van der Waals surface area contributed by atoms with Gasteiger partial charge in [-0.2, -0.15) is 4.98 Å². The van der Waals surface area contributed by atoms with Crippen molar-refractivity contribution in [2.24, 2.45) is 0 Å². The zero-order chi connectivity index (χ0) is 22.9. The average molecular weight is 467 g/mol. The van der Waals surface area contributed by atoms with Gasteiger partial charge in [-0.05, 0) is 29.3 Å². The molecular formula is C24H23ClN4O4. The largest absolute Gasteiger partial charge is 0.459 e. The molecule has 5 rings (SSSR count). The highest BCUT2D eigenvalue weighted by atomic mass is 35.5. The molecule has 9 heteroatoms. The van der Waals surface area contributed by atoms with E-state index in [4.69, 9.17) is 26.8 Å². The number of pyridine rings is 1. The van der Waals surface area contributed by atoms with E-state index in [-0.39, 0.29) is 25.3 Å². The number of benzene rings is 2. The van der Waals surface area contributed by atoms with Crippen LogP contribution in [-0.4, -0.2) is 56.7 Å². The van der Waals surface area contributed by atoms with Gasteiger partial charge in [0.2, 0.25) is 0 Å². The van der Waals surface area contributed by atoms with Crippen LogP contribution >= 0.6 is 11.6 Å². The van der Waals surface area contributed by atoms with Crippen LogP contribution in [0.15, 0.2) is 54.6 Å². The van der Waals surface area contributed by atoms with Crippen molar-refractivity contribution in [1.82, 2.24) is 15.0 Å². The molecule has 3 heterocycles. The number of ether oxygens (including phenoxy) is 2. The monoisotopic (exact) mass is 466 g/mol. The van der Waals surface area contributed by atoms with E-state index in [0.717, 1.165) is 22.4 Å². The molecule has 0 bridgehead atoms. The summed E-state index contributed by atoms with van der Waals surface area (Å²) < 4.78 is 11.3. The fraction of sp³-hybridized carbons (Fsp3) is 0.250. The molecule has 1 aliphatic rings. The van der Waals surface area contributed by atoms with Gasteiger partial charge in [-0.15, -0.1) is 0 Å². The molecule has 0 aliphatic carbocycles. The van der Waals surface area contributed by atoms with Crippen molar-refractivity contribution in [2.75, 3.05) is 18.9 Å². The van der Waals surface area contributed by atoms with Crippen LogP contribution in [-0.2, 0) is 4.74 Å². The van der Waals surface area contributed by atoms with Crippen molar-refractivity contribution < 1.29 is 19.7 Å². The van der Waals surface area contributed by atoms with E-state index in [1.165, 1.54) is 0 Å². The van der Waals surface area contributed by atoms with Crippen LogP contribution in [0.25, 0.3) is 33.5 Å². The van der Waals surface area contributed by atoms with E-state index < -0.39 is 12.2 Å². The highest BCUT2D eigenvalue weighted by Gasteiger charge is 2.31. The SMILES string of the molecule is Nc1ccc(-c2ccc(-c3nc4nc(O[C@H]5CO[C@H](CO)[C@@H](O)C5)[nH]c4cc3Cl)cc2)cc1. The molecular weight excluding hydrogens is 444 g/mol. The number of imidazole rings is 1. The van der Waals surface area contributed by atoms with Crippen molar-refractivity contribution in [2.45, 2.75) is 24.7 Å². The van der Waals surface area contributed by atoms with Gasteiger partial charge in [-0.1, -0.05) is 48.0 Å². The Hall–Kier alpha value is -3.17. The number of nitrogens with zero attached hydrogens (tertiary/aromatic N) is 2. The van der Waals surface area contributed by atoms with Crippen LogP contribution in [0.4, 0.5) is 5.69 Å². The summed E-state index contributed by atoms with van der Waals surface area (Å²) in [6.07, 6.45) is -1.44. The summed E-state index contributed by atoms with van der Waals surface area (Å²) in [4.78, 5) is 12.1. The molecule has 170 valence electrons. The van der Waals surface area contributed by atoms with Gasteiger partial charge in [0, 0.05) is 17.7 Å². The maximum atomic E-state index is 10.0. The predicted octanol–water partition coefficient (Wildman–Crippen LogP) is 3.42. The number of nitrogen functional groups attached to an aromatic ring is 1. The molecule has 3 atom stereocenters. The van der Waals surface area contributed by atoms with E-state index in [1.54, 1.807) is 6.07 Å². The number of fused-ring (bicyclic) bond motifs is 1. The normalized spacial score (nSPS) is 20.8. The van der Waals surface area contributed by atoms with Crippen molar-refractivity contribution in [3.63, 3.8) is 0 Å². The molecule has 0 amide bonds. The van der Waals surface area contributed by atoms with Crippen LogP contribution in [0, 0.1) is 0 Å². The van der Waals surface area contributed by atoms with E-state index in [0.29, 0.717) is 28.3 Å². The average Bonchev–Trinajstić information content (AvgIpc) is 3.20. The summed E-state index contributed by atoms with van der Waals surface area (Å²) in [5, 5.41) is 19.7. The topological polar surface area (TPSA) is 127 Å². The third-order valence-corrected chi connectivity index (χ3v) is 5.98. The first-order valence-electron chi connectivity index (χ1n) is 10.6. The number of halogens is 1. The molecule has 0 spiro atoms. The molecule has 1 saturated heterocycles. The lowest BCUT2D eigenvalue weighted by Gasteiger charge is -2.31. The first-order chi connectivity index (χ1) is 16.0. The summed E-state index contributed by atoms with van der Waals surface area (Å²) in [5.74, 6) is 0. The van der Waals surface area contributed by atoms with Crippen molar-refractivity contribution in [3.8, 4) is 28.4 Å². The van der Waals surface area contributed by atoms with Crippen LogP contribution in [0.1, 0.15) is 6.42 Å². The Labute approximate surface area is 195 Å². The number of aliphatic hydroxyl groups excluding tert-OH is 2. The lowest BCUT2D eigenvalue weighted by molar-refractivity contribution is -0.131. The van der Waals surface area contributed by atoms with Crippen molar-refractivity contribution >= 4 is 28.5 Å². The minimum Gasteiger partial charge on any atom is -0.459 e. The Morgan fingerprint density at radius 1 is 1.06 bits per heavy atom. The van der Waals surface area contributed by atoms with Gasteiger partial charge in [0.05, 0.1) is 35.6 Å². The maximum absolute atomic E-state index is 10.0. The lowest BCUT2D eigenvalue weighted by Crippen LogP contribution is -2.45. The molecule has 1 aliphatic heterocycles. The molecule has 1 fully saturated rings. The number of hydrogen-bond donors (Lipinski definition) is 4. The highest BCUT2D eigenvalue weighted by molar-refractivity contribution is 6.33. The van der Waals surface area contributed by atoms with E-state index in [2.05, 4.69) is 15.0 Å². The molecule has 5 N–H and O–H groups in total. The number of aliphatic hydroxyl groups is 2. The molecule has 2 aromatic heterocycles. The Kier molecular flexibility index (Phi) is 5.90. The number of aromatic nitrogens is 3. The van der Waals surface area contributed by atoms with Crippen LogP contribution in [0.5, 0.6) is 6.01 Å². The molecule has 0 unspecified atom stereocenters. The number of nitrogens with two attached hydrogens (primary N) is 1. The summed E-state index contributed by atoms with van der Waals surface area (Å²) in [6, 6.07) is 17.7. The maximum Gasteiger partial charge on any atom is 0.296 e. The number of aromatic amines is 1. The fourth-order valence-electron chi connectivity index (χ4n) is 3.90. The summed E-state index contributed by atoms with van der Waals surface area (Å²) in [5.41, 5.74) is 11.2. The van der Waals surface area contributed by atoms with Gasteiger partial charge >= 0.3 is 0 Å². The number of nitrogens with one attached hydrogen (secondary N) is 1. The van der Waals surface area contributed by atoms with E-state index in [1.807, 2.05) is 48.5 Å². The molecule has 0 radical (unpaired) electrons. The van der Waals surface area contributed by atoms with Gasteiger partial charge < -0.3 is 30.4 Å². The lowest BCUT2D eigenvalue weighted by atomic mass is 10.0. The molecule has 2 aromatic carbocycles. The third kappa shape index (κ3) is 4.51. The highest BCUT2D eigenvalue weighted by Crippen LogP contribution is 2.31. The number of hydrogen-bond acceptors (Lipinski definition) is 7. The summed E-state index contributed by atoms with van der Waals surface area (Å²) in [6.45, 7) is 0.0177. The van der Waals surface area contributed by atoms with Gasteiger partial charge in [0.15, 0.2) is 5.65 Å². The van der Waals surface area contributed by atoms with Gasteiger partial charge in [0.25, 0.3) is 6.01 Å². The first kappa shape index (κ1) is 21.7. The van der Waals surface area contributed by atoms with Crippen LogP contribution in [0.3, 0.4) is 0 Å². The number of H-pyrrole nitrogens is 1. The fourth-order valence-corrected chi connectivity index (χ4v) is 4.16. The molecule has 0 saturated carbocycles. The third-order valence-electron chi connectivity index (χ3n) is 5.70. The zero-order valence-electron chi connectivity index (χ0n) is 17.6. The molecule has 4 aromatic rings. The predicted molar refractivity (Wildman–Crippen MR) is 126 cm³/mol. The number of rotatable bonds is 5. The van der Waals surface area contributed by atoms with E-state index >= 15 is 0 Å². The minimum absolute atomic E-state index is 0.231. The Balaban J connectivity index is 1.36. The van der Waals surface area contributed by atoms with E-state index in [9.17, 15) is 10.2 Å². The second-order valence-corrected chi connectivity index (χ2v) is 8.44. The first-order valence-corrected chi connectivity index (χ1v) is 11.0. The smallest absolute Gasteiger partial charge is 0.296 e. The molecule has 8 nitrogen and oxygen atoms in total. The second-order valence-electron chi connectivity index (χ2n) is 8.03.